The molecular formula is C36H40ClN9O2. The average molecular weight is 666 g/mol. The highest BCUT2D eigenvalue weighted by molar-refractivity contribution is 6.36. The van der Waals surface area contributed by atoms with Crippen LogP contribution in [0.1, 0.15) is 36.2 Å². The van der Waals surface area contributed by atoms with Crippen LogP contribution in [0.2, 0.25) is 5.02 Å². The molecular weight excluding hydrogens is 626 g/mol. The van der Waals surface area contributed by atoms with E-state index in [1.165, 1.54) is 0 Å². The van der Waals surface area contributed by atoms with Crippen LogP contribution in [0.4, 0.5) is 11.5 Å². The van der Waals surface area contributed by atoms with Gasteiger partial charge in [-0.25, -0.2) is 4.98 Å². The number of likely N-dealkylation sites (tertiary alicyclic amines) is 1. The molecule has 0 spiro atoms. The van der Waals surface area contributed by atoms with Crippen LogP contribution in [0.5, 0.6) is 6.01 Å². The van der Waals surface area contributed by atoms with E-state index in [1.807, 2.05) is 25.3 Å². The van der Waals surface area contributed by atoms with E-state index in [1.54, 1.807) is 28.1 Å². The first-order valence-corrected chi connectivity index (χ1v) is 17.0. The number of fused-ring (bicyclic) bond motifs is 2. The lowest BCUT2D eigenvalue weighted by Crippen LogP contribution is -2.55. The first-order chi connectivity index (χ1) is 23.4. The second-order valence-electron chi connectivity index (χ2n) is 12.9. The molecule has 0 saturated carbocycles. The number of amides is 1. The maximum Gasteiger partial charge on any atom is 0.318 e. The molecule has 3 aliphatic heterocycles. The second-order valence-corrected chi connectivity index (χ2v) is 13.3. The van der Waals surface area contributed by atoms with Crippen molar-refractivity contribution in [2.24, 2.45) is 0 Å². The average Bonchev–Trinajstić information content (AvgIpc) is 3.72. The number of hydrogen-bond donors (Lipinski definition) is 0. The maximum absolute atomic E-state index is 13.3. The van der Waals surface area contributed by atoms with Crippen molar-refractivity contribution in [1.29, 1.82) is 5.26 Å². The zero-order valence-corrected chi connectivity index (χ0v) is 28.2. The summed E-state index contributed by atoms with van der Waals surface area (Å²) in [5.41, 5.74) is 3.98. The Morgan fingerprint density at radius 2 is 1.96 bits per heavy atom. The fraction of sp³-hybridized carbons (Fsp3) is 0.417. The molecule has 7 rings (SSSR count). The Morgan fingerprint density at radius 3 is 2.73 bits per heavy atom. The second kappa shape index (κ2) is 13.8. The number of carbonyl (C=O) groups excluding carboxylic acids is 1. The lowest BCUT2D eigenvalue weighted by molar-refractivity contribution is -0.128. The Kier molecular flexibility index (Phi) is 9.19. The monoisotopic (exact) mass is 665 g/mol. The van der Waals surface area contributed by atoms with E-state index in [4.69, 9.17) is 26.3 Å². The van der Waals surface area contributed by atoms with Gasteiger partial charge in [0.15, 0.2) is 0 Å². The number of aryl methyl sites for hydroxylation is 1. The van der Waals surface area contributed by atoms with Crippen molar-refractivity contribution in [1.82, 2.24) is 29.3 Å². The molecule has 0 radical (unpaired) electrons. The summed E-state index contributed by atoms with van der Waals surface area (Å²) in [5, 5.41) is 12.6. The highest BCUT2D eigenvalue weighted by atomic mass is 35.5. The highest BCUT2D eigenvalue weighted by Gasteiger charge is 2.34. The zero-order chi connectivity index (χ0) is 33.2. The maximum atomic E-state index is 13.3. The van der Waals surface area contributed by atoms with Gasteiger partial charge in [-0.3, -0.25) is 4.79 Å². The molecule has 48 heavy (non-hydrogen) atoms. The van der Waals surface area contributed by atoms with Gasteiger partial charge in [0.2, 0.25) is 5.91 Å². The van der Waals surface area contributed by atoms with Crippen molar-refractivity contribution in [3.63, 3.8) is 0 Å². The van der Waals surface area contributed by atoms with E-state index in [0.29, 0.717) is 44.8 Å². The first kappa shape index (κ1) is 31.9. The SMILES string of the molecule is Cc1cn(/C=C/C(=O)N2CCN(c3nc(OC[C@@H]4CCCN4C)nc4c3CCN(c3cccc5cccc(Cl)c35)C4)C[C@@H]2CC#N)cn1. The number of anilines is 2. The van der Waals surface area contributed by atoms with Gasteiger partial charge >= 0.3 is 6.01 Å². The topological polar surface area (TPSA) is 107 Å². The van der Waals surface area contributed by atoms with Crippen LogP contribution in [0.3, 0.4) is 0 Å². The summed E-state index contributed by atoms with van der Waals surface area (Å²) < 4.78 is 8.09. The molecule has 3 aliphatic rings. The van der Waals surface area contributed by atoms with Gasteiger partial charge in [0.25, 0.3) is 0 Å². The molecule has 2 aromatic heterocycles. The summed E-state index contributed by atoms with van der Waals surface area (Å²) >= 11 is 6.73. The molecule has 12 heteroatoms. The third kappa shape index (κ3) is 6.55. The quantitative estimate of drug-likeness (QED) is 0.242. The summed E-state index contributed by atoms with van der Waals surface area (Å²) in [7, 11) is 2.13. The van der Waals surface area contributed by atoms with Gasteiger partial charge in [-0.1, -0.05) is 35.9 Å². The number of rotatable bonds is 8. The van der Waals surface area contributed by atoms with Crippen LogP contribution in [0.25, 0.3) is 17.0 Å². The van der Waals surface area contributed by atoms with Gasteiger partial charge in [0.1, 0.15) is 12.4 Å². The number of imidazole rings is 1. The van der Waals surface area contributed by atoms with Crippen LogP contribution < -0.4 is 14.5 Å². The minimum Gasteiger partial charge on any atom is -0.462 e. The number of likely N-dealkylation sites (N-methyl/N-ethyl adjacent to an activating group) is 1. The van der Waals surface area contributed by atoms with E-state index in [2.05, 4.69) is 57.1 Å². The summed E-state index contributed by atoms with van der Waals surface area (Å²) in [5.74, 6) is 0.713. The molecule has 4 aromatic rings. The molecule has 11 nitrogen and oxygen atoms in total. The third-order valence-electron chi connectivity index (χ3n) is 9.78. The lowest BCUT2D eigenvalue weighted by Gasteiger charge is -2.42. The predicted molar refractivity (Wildman–Crippen MR) is 187 cm³/mol. The molecule has 2 fully saturated rings. The fourth-order valence-electron chi connectivity index (χ4n) is 7.21. The summed E-state index contributed by atoms with van der Waals surface area (Å²) in [4.78, 5) is 36.3. The summed E-state index contributed by atoms with van der Waals surface area (Å²) in [6.07, 6.45) is 9.99. The van der Waals surface area contributed by atoms with Crippen LogP contribution >= 0.6 is 11.6 Å². The number of carbonyl (C=O) groups is 1. The van der Waals surface area contributed by atoms with Gasteiger partial charge in [0, 0.05) is 67.3 Å². The Labute approximate surface area is 286 Å². The molecule has 2 aromatic carbocycles. The van der Waals surface area contributed by atoms with E-state index < -0.39 is 0 Å². The van der Waals surface area contributed by atoms with Gasteiger partial charge in [0.05, 0.1) is 47.8 Å². The Hall–Kier alpha value is -4.66. The minimum atomic E-state index is -0.287. The smallest absolute Gasteiger partial charge is 0.318 e. The molecule has 1 amide bonds. The van der Waals surface area contributed by atoms with Crippen LogP contribution in [-0.4, -0.2) is 93.7 Å². The van der Waals surface area contributed by atoms with Crippen LogP contribution in [0, 0.1) is 18.3 Å². The molecule has 0 unspecified atom stereocenters. The summed E-state index contributed by atoms with van der Waals surface area (Å²) in [6, 6.07) is 15.0. The highest BCUT2D eigenvalue weighted by Crippen LogP contribution is 2.37. The number of nitriles is 1. The fourth-order valence-corrected chi connectivity index (χ4v) is 7.48. The number of nitrogens with zero attached hydrogens (tertiary/aromatic N) is 9. The van der Waals surface area contributed by atoms with E-state index in [0.717, 1.165) is 76.6 Å². The number of aromatic nitrogens is 4. The number of piperazine rings is 1. The normalized spacial score (nSPS) is 20.0. The van der Waals surface area contributed by atoms with E-state index in [9.17, 15) is 10.1 Å². The molecule has 2 atom stereocenters. The van der Waals surface area contributed by atoms with Gasteiger partial charge in [-0.2, -0.15) is 15.2 Å². The Morgan fingerprint density at radius 1 is 1.10 bits per heavy atom. The van der Waals surface area contributed by atoms with Gasteiger partial charge < -0.3 is 28.9 Å². The standard InChI is InChI=1S/C36H40ClN9O2/c1-25-20-43(24-39-25)16-13-33(47)46-19-18-45(21-27(46)11-14-38)35-29-12-17-44(32-10-4-7-26-6-3-9-30(37)34(26)32)22-31(29)40-36(41-35)48-23-28-8-5-15-42(28)2/h3-4,6-7,9-10,13,16,20,24,27-28H,5,8,11-12,15,17-19,21-23H2,1-2H3/b16-13+/t27-,28-/m0/s1. The first-order valence-electron chi connectivity index (χ1n) is 16.6. The number of ether oxygens (including phenoxy) is 1. The third-order valence-corrected chi connectivity index (χ3v) is 10.1. The number of halogens is 1. The van der Waals surface area contributed by atoms with Crippen molar-refractivity contribution in [2.75, 3.05) is 56.2 Å². The predicted octanol–water partition coefficient (Wildman–Crippen LogP) is 4.93. The number of benzene rings is 2. The largest absolute Gasteiger partial charge is 0.462 e. The zero-order valence-electron chi connectivity index (χ0n) is 27.4. The minimum absolute atomic E-state index is 0.125. The molecule has 0 aliphatic carbocycles. The van der Waals surface area contributed by atoms with Crippen LogP contribution in [-0.2, 0) is 17.8 Å². The van der Waals surface area contributed by atoms with Crippen molar-refractivity contribution >= 4 is 46.0 Å². The molecule has 5 heterocycles. The van der Waals surface area contributed by atoms with E-state index >= 15 is 0 Å². The Bertz CT molecular complexity index is 1880. The van der Waals surface area contributed by atoms with Crippen molar-refractivity contribution < 1.29 is 9.53 Å². The van der Waals surface area contributed by atoms with Gasteiger partial charge in [-0.05, 0) is 57.3 Å². The Balaban J connectivity index is 1.17. The van der Waals surface area contributed by atoms with Crippen molar-refractivity contribution in [3.8, 4) is 12.1 Å². The molecule has 2 saturated heterocycles. The molecule has 0 N–H and O–H groups in total. The van der Waals surface area contributed by atoms with E-state index in [-0.39, 0.29) is 18.4 Å². The van der Waals surface area contributed by atoms with Crippen LogP contribution in [0.15, 0.2) is 55.0 Å². The lowest BCUT2D eigenvalue weighted by atomic mass is 10.0. The number of hydrogen-bond acceptors (Lipinski definition) is 9. The van der Waals surface area contributed by atoms with Crippen molar-refractivity contribution in [2.45, 2.75) is 51.2 Å². The molecule has 0 bridgehead atoms. The summed E-state index contributed by atoms with van der Waals surface area (Å²) in [6.45, 7) is 6.41. The van der Waals surface area contributed by atoms with Crippen molar-refractivity contribution in [3.05, 3.63) is 77.0 Å². The molecule has 248 valence electrons. The van der Waals surface area contributed by atoms with Gasteiger partial charge in [-0.15, -0.1) is 0 Å².